The predicted molar refractivity (Wildman–Crippen MR) is 53.5 cm³/mol. The van der Waals surface area contributed by atoms with E-state index in [2.05, 4.69) is 14.9 Å². The Morgan fingerprint density at radius 1 is 1.12 bits per heavy atom. The van der Waals surface area contributed by atoms with E-state index < -0.39 is 29.0 Å². The van der Waals surface area contributed by atoms with Gasteiger partial charge in [0, 0.05) is 11.4 Å². The smallest absolute Gasteiger partial charge is 0.185 e. The summed E-state index contributed by atoms with van der Waals surface area (Å²) in [6, 6.07) is 0.153. The molecular weight excluding hydrogens is 258 g/mol. The first-order chi connectivity index (χ1) is 8.09. The molecule has 0 fully saturated rings. The predicted octanol–water partition coefficient (Wildman–Crippen LogP) is 2.71. The lowest BCUT2D eigenvalue weighted by Crippen LogP contribution is -2.07. The molecule has 0 bridgehead atoms. The molecule has 1 aromatic heterocycles. The SMILES string of the molecule is Fc1cc(F)c(F)c(NCc2csnn2)c1F. The van der Waals surface area contributed by atoms with Crippen molar-refractivity contribution in [3.8, 4) is 0 Å². The van der Waals surface area contributed by atoms with Gasteiger partial charge in [0.25, 0.3) is 0 Å². The number of anilines is 1. The van der Waals surface area contributed by atoms with Crippen LogP contribution in [0.15, 0.2) is 11.4 Å². The first-order valence-corrected chi connectivity index (χ1v) is 5.26. The molecule has 0 aliphatic heterocycles. The summed E-state index contributed by atoms with van der Waals surface area (Å²) in [4.78, 5) is 0. The summed E-state index contributed by atoms with van der Waals surface area (Å²) in [6.07, 6.45) is 0. The molecule has 0 unspecified atom stereocenters. The largest absolute Gasteiger partial charge is 0.374 e. The van der Waals surface area contributed by atoms with Gasteiger partial charge in [0.15, 0.2) is 23.3 Å². The molecule has 2 rings (SSSR count). The molecule has 17 heavy (non-hydrogen) atoms. The molecule has 0 spiro atoms. The van der Waals surface area contributed by atoms with Crippen molar-refractivity contribution in [2.75, 3.05) is 5.32 Å². The van der Waals surface area contributed by atoms with Crippen molar-refractivity contribution in [1.82, 2.24) is 9.59 Å². The van der Waals surface area contributed by atoms with E-state index in [0.717, 1.165) is 11.5 Å². The fourth-order valence-electron chi connectivity index (χ4n) is 1.17. The highest BCUT2D eigenvalue weighted by molar-refractivity contribution is 7.03. The number of halogens is 4. The minimum Gasteiger partial charge on any atom is -0.374 e. The second-order valence-electron chi connectivity index (χ2n) is 3.09. The maximum atomic E-state index is 13.2. The summed E-state index contributed by atoms with van der Waals surface area (Å²) in [5.41, 5.74) is -0.436. The van der Waals surface area contributed by atoms with Crippen LogP contribution >= 0.6 is 11.5 Å². The van der Waals surface area contributed by atoms with E-state index in [9.17, 15) is 17.6 Å². The Balaban J connectivity index is 2.26. The zero-order chi connectivity index (χ0) is 12.4. The zero-order valence-electron chi connectivity index (χ0n) is 8.18. The van der Waals surface area contributed by atoms with Gasteiger partial charge >= 0.3 is 0 Å². The normalized spacial score (nSPS) is 10.6. The highest BCUT2D eigenvalue weighted by Gasteiger charge is 2.18. The van der Waals surface area contributed by atoms with Crippen molar-refractivity contribution < 1.29 is 17.6 Å². The van der Waals surface area contributed by atoms with Gasteiger partial charge in [-0.15, -0.1) is 5.10 Å². The molecule has 1 heterocycles. The van der Waals surface area contributed by atoms with Crippen LogP contribution in [-0.4, -0.2) is 9.59 Å². The van der Waals surface area contributed by atoms with E-state index in [1.165, 1.54) is 0 Å². The van der Waals surface area contributed by atoms with E-state index in [-0.39, 0.29) is 12.6 Å². The maximum absolute atomic E-state index is 13.2. The summed E-state index contributed by atoms with van der Waals surface area (Å²) in [7, 11) is 0. The number of benzene rings is 1. The van der Waals surface area contributed by atoms with Gasteiger partial charge in [-0.1, -0.05) is 4.49 Å². The van der Waals surface area contributed by atoms with E-state index in [1.807, 2.05) is 0 Å². The fraction of sp³-hybridized carbons (Fsp3) is 0.111. The summed E-state index contributed by atoms with van der Waals surface area (Å²) >= 11 is 1.05. The van der Waals surface area contributed by atoms with Crippen molar-refractivity contribution in [2.45, 2.75) is 6.54 Å². The Kier molecular flexibility index (Phi) is 3.23. The van der Waals surface area contributed by atoms with Crippen LogP contribution in [0.3, 0.4) is 0 Å². The molecule has 8 heteroatoms. The van der Waals surface area contributed by atoms with Crippen LogP contribution in [0.4, 0.5) is 23.2 Å². The van der Waals surface area contributed by atoms with Crippen LogP contribution in [0.25, 0.3) is 0 Å². The molecule has 0 amide bonds. The number of aromatic nitrogens is 2. The molecule has 90 valence electrons. The van der Waals surface area contributed by atoms with Crippen LogP contribution < -0.4 is 5.32 Å². The molecule has 0 radical (unpaired) electrons. The number of rotatable bonds is 3. The molecule has 2 aromatic rings. The molecular formula is C9H5F4N3S. The Morgan fingerprint density at radius 2 is 1.76 bits per heavy atom. The fourth-order valence-corrected chi connectivity index (χ4v) is 1.62. The van der Waals surface area contributed by atoms with Crippen LogP contribution in [0.1, 0.15) is 5.69 Å². The molecule has 3 nitrogen and oxygen atoms in total. The van der Waals surface area contributed by atoms with Gasteiger partial charge in [-0.05, 0) is 11.5 Å². The Bertz CT molecular complexity index is 503. The maximum Gasteiger partial charge on any atom is 0.185 e. The minimum absolute atomic E-state index is 0.0762. The van der Waals surface area contributed by atoms with Gasteiger partial charge < -0.3 is 5.32 Å². The highest BCUT2D eigenvalue weighted by Crippen LogP contribution is 2.24. The van der Waals surface area contributed by atoms with Crippen molar-refractivity contribution in [1.29, 1.82) is 0 Å². The van der Waals surface area contributed by atoms with Crippen LogP contribution in [0.5, 0.6) is 0 Å². The summed E-state index contributed by atoms with van der Waals surface area (Å²) in [5, 5.41) is 7.39. The van der Waals surface area contributed by atoms with Crippen LogP contribution in [0, 0.1) is 23.3 Å². The number of nitrogens with zero attached hydrogens (tertiary/aromatic N) is 2. The van der Waals surface area contributed by atoms with Gasteiger partial charge in [0.2, 0.25) is 0 Å². The summed E-state index contributed by atoms with van der Waals surface area (Å²) < 4.78 is 55.6. The summed E-state index contributed by atoms with van der Waals surface area (Å²) in [5.74, 6) is -5.84. The molecule has 0 saturated carbocycles. The first kappa shape index (κ1) is 11.8. The standard InChI is InChI=1S/C9H5F4N3S/c10-5-1-6(11)8(13)9(7(5)12)14-2-4-3-17-16-15-4/h1,3,14H,2H2. The van der Waals surface area contributed by atoms with Crippen molar-refractivity contribution in [3.05, 3.63) is 40.4 Å². The van der Waals surface area contributed by atoms with Gasteiger partial charge in [0.1, 0.15) is 5.69 Å². The second-order valence-corrected chi connectivity index (χ2v) is 3.70. The Hall–Kier alpha value is -1.70. The van der Waals surface area contributed by atoms with Crippen molar-refractivity contribution in [3.63, 3.8) is 0 Å². The number of nitrogens with one attached hydrogen (secondary N) is 1. The third-order valence-electron chi connectivity index (χ3n) is 1.96. The summed E-state index contributed by atoms with van der Waals surface area (Å²) in [6.45, 7) is -0.0762. The van der Waals surface area contributed by atoms with Gasteiger partial charge in [0.05, 0.1) is 12.2 Å². The average Bonchev–Trinajstić information content (AvgIpc) is 2.79. The lowest BCUT2D eigenvalue weighted by atomic mass is 10.2. The monoisotopic (exact) mass is 263 g/mol. The van der Waals surface area contributed by atoms with E-state index in [4.69, 9.17) is 0 Å². The molecule has 0 aliphatic rings. The lowest BCUT2D eigenvalue weighted by Gasteiger charge is -2.08. The van der Waals surface area contributed by atoms with E-state index in [1.54, 1.807) is 5.38 Å². The molecule has 0 saturated heterocycles. The quantitative estimate of drug-likeness (QED) is 0.683. The third kappa shape index (κ3) is 2.36. The van der Waals surface area contributed by atoms with E-state index >= 15 is 0 Å². The van der Waals surface area contributed by atoms with Crippen molar-refractivity contribution in [2.24, 2.45) is 0 Å². The number of hydrogen-bond acceptors (Lipinski definition) is 4. The first-order valence-electron chi connectivity index (χ1n) is 4.42. The van der Waals surface area contributed by atoms with Gasteiger partial charge in [-0.2, -0.15) is 0 Å². The molecule has 0 atom stereocenters. The average molecular weight is 263 g/mol. The third-order valence-corrected chi connectivity index (χ3v) is 2.52. The van der Waals surface area contributed by atoms with Gasteiger partial charge in [-0.3, -0.25) is 0 Å². The molecule has 0 aliphatic carbocycles. The Labute approximate surface area is 97.3 Å². The molecule has 1 aromatic carbocycles. The van der Waals surface area contributed by atoms with E-state index in [0.29, 0.717) is 5.69 Å². The topological polar surface area (TPSA) is 37.8 Å². The zero-order valence-corrected chi connectivity index (χ0v) is 8.99. The Morgan fingerprint density at radius 3 is 2.29 bits per heavy atom. The molecule has 1 N–H and O–H groups in total. The van der Waals surface area contributed by atoms with Crippen molar-refractivity contribution >= 4 is 17.2 Å². The van der Waals surface area contributed by atoms with Crippen LogP contribution in [0.2, 0.25) is 0 Å². The van der Waals surface area contributed by atoms with Gasteiger partial charge in [-0.25, -0.2) is 17.6 Å². The minimum atomic E-state index is -1.47. The highest BCUT2D eigenvalue weighted by atomic mass is 32.1. The second kappa shape index (κ2) is 4.66. The lowest BCUT2D eigenvalue weighted by molar-refractivity contribution is 0.458. The van der Waals surface area contributed by atoms with Crippen LogP contribution in [-0.2, 0) is 6.54 Å². The number of hydrogen-bond donors (Lipinski definition) is 1.